The molecule has 3 aromatic rings. The summed E-state index contributed by atoms with van der Waals surface area (Å²) in [6.45, 7) is 5.90. The summed E-state index contributed by atoms with van der Waals surface area (Å²) in [5.74, 6) is -0.0610. The molecule has 4 atom stereocenters. The summed E-state index contributed by atoms with van der Waals surface area (Å²) in [7, 11) is 0. The van der Waals surface area contributed by atoms with E-state index in [-0.39, 0.29) is 23.8 Å². The van der Waals surface area contributed by atoms with Gasteiger partial charge in [0.05, 0.1) is 19.0 Å². The molecule has 1 fully saturated rings. The lowest BCUT2D eigenvalue weighted by Crippen LogP contribution is -2.49. The summed E-state index contributed by atoms with van der Waals surface area (Å²) in [6, 6.07) is 9.93. The Bertz CT molecular complexity index is 1000. The van der Waals surface area contributed by atoms with Crippen molar-refractivity contribution in [3.05, 3.63) is 48.5 Å². The molecular formula is C21H27N5O3. The van der Waals surface area contributed by atoms with Crippen LogP contribution in [0.3, 0.4) is 0 Å². The largest absolute Gasteiger partial charge is 0.394 e. The first-order valence-corrected chi connectivity index (χ1v) is 9.72. The Hall–Kier alpha value is -2.55. The molecule has 3 heterocycles. The quantitative estimate of drug-likeness (QED) is 0.613. The van der Waals surface area contributed by atoms with Crippen LogP contribution in [0.25, 0.3) is 11.2 Å². The normalized spacial score (nSPS) is 27.6. The molecule has 0 spiro atoms. The van der Waals surface area contributed by atoms with Crippen molar-refractivity contribution in [1.29, 1.82) is 0 Å². The Morgan fingerprint density at radius 3 is 2.55 bits per heavy atom. The highest BCUT2D eigenvalue weighted by atomic mass is 16.6. The number of imidazole rings is 1. The van der Waals surface area contributed by atoms with Crippen molar-refractivity contribution in [2.45, 2.75) is 45.1 Å². The maximum atomic E-state index is 11.1. The molecule has 1 aliphatic heterocycles. The molecule has 4 rings (SSSR count). The zero-order valence-electron chi connectivity index (χ0n) is 16.9. The van der Waals surface area contributed by atoms with E-state index >= 15 is 0 Å². The lowest BCUT2D eigenvalue weighted by atomic mass is 9.70. The van der Waals surface area contributed by atoms with Crippen LogP contribution in [0.15, 0.2) is 43.0 Å². The summed E-state index contributed by atoms with van der Waals surface area (Å²) < 4.78 is 8.32. The summed E-state index contributed by atoms with van der Waals surface area (Å²) >= 11 is 0. The van der Waals surface area contributed by atoms with Crippen molar-refractivity contribution in [2.75, 3.05) is 12.3 Å². The van der Waals surface area contributed by atoms with E-state index in [0.29, 0.717) is 17.6 Å². The predicted octanol–water partition coefficient (Wildman–Crippen LogP) is 1.72. The van der Waals surface area contributed by atoms with Gasteiger partial charge in [0.15, 0.2) is 17.2 Å². The van der Waals surface area contributed by atoms with Crippen LogP contribution in [0.1, 0.15) is 26.3 Å². The van der Waals surface area contributed by atoms with E-state index in [4.69, 9.17) is 10.5 Å². The van der Waals surface area contributed by atoms with E-state index in [1.165, 1.54) is 6.33 Å². The molecule has 0 unspecified atom stereocenters. The van der Waals surface area contributed by atoms with Gasteiger partial charge in [-0.15, -0.1) is 0 Å². The highest BCUT2D eigenvalue weighted by molar-refractivity contribution is 5.81. The monoisotopic (exact) mass is 397 g/mol. The number of benzene rings is 1. The first-order chi connectivity index (χ1) is 13.8. The number of aliphatic hydroxyl groups excluding tert-OH is 2. The van der Waals surface area contributed by atoms with Crippen LogP contribution in [0.2, 0.25) is 0 Å². The highest BCUT2D eigenvalue weighted by Crippen LogP contribution is 2.51. The lowest BCUT2D eigenvalue weighted by Gasteiger charge is -2.43. The van der Waals surface area contributed by atoms with Crippen molar-refractivity contribution < 1.29 is 14.9 Å². The average molecular weight is 397 g/mol. The number of ether oxygens (including phenoxy) is 1. The summed E-state index contributed by atoms with van der Waals surface area (Å²) in [5, 5.41) is 21.1. The van der Waals surface area contributed by atoms with Gasteiger partial charge in [0.2, 0.25) is 0 Å². The molecule has 4 N–H and O–H groups in total. The van der Waals surface area contributed by atoms with Gasteiger partial charge in [-0.3, -0.25) is 4.57 Å². The number of hydrogen-bond acceptors (Lipinski definition) is 7. The molecule has 1 aliphatic rings. The molecular weight excluding hydrogens is 370 g/mol. The molecule has 8 heteroatoms. The van der Waals surface area contributed by atoms with Crippen molar-refractivity contribution in [2.24, 2.45) is 11.3 Å². The molecule has 0 amide bonds. The third kappa shape index (κ3) is 3.17. The minimum absolute atomic E-state index is 0.284. The van der Waals surface area contributed by atoms with Gasteiger partial charge < -0.3 is 20.7 Å². The van der Waals surface area contributed by atoms with Crippen LogP contribution in [-0.2, 0) is 16.9 Å². The van der Waals surface area contributed by atoms with Crippen LogP contribution < -0.4 is 5.73 Å². The first-order valence-electron chi connectivity index (χ1n) is 9.72. The molecule has 8 nitrogen and oxygen atoms in total. The number of aliphatic hydroxyl groups is 2. The minimum Gasteiger partial charge on any atom is -0.394 e. The fourth-order valence-corrected chi connectivity index (χ4v) is 4.68. The van der Waals surface area contributed by atoms with Gasteiger partial charge in [0.25, 0.3) is 0 Å². The van der Waals surface area contributed by atoms with Crippen molar-refractivity contribution >= 4 is 17.0 Å². The van der Waals surface area contributed by atoms with E-state index in [9.17, 15) is 10.2 Å². The van der Waals surface area contributed by atoms with Crippen molar-refractivity contribution in [3.8, 4) is 0 Å². The number of fused-ring (bicyclic) bond motifs is 1. The number of rotatable bonds is 4. The van der Waals surface area contributed by atoms with E-state index < -0.39 is 17.9 Å². The van der Waals surface area contributed by atoms with Gasteiger partial charge in [-0.1, -0.05) is 51.1 Å². The molecule has 29 heavy (non-hydrogen) atoms. The van der Waals surface area contributed by atoms with E-state index in [2.05, 4.69) is 35.7 Å². The van der Waals surface area contributed by atoms with E-state index in [0.717, 1.165) is 5.56 Å². The highest BCUT2D eigenvalue weighted by Gasteiger charge is 2.60. The number of hydrogen-bond donors (Lipinski definition) is 3. The van der Waals surface area contributed by atoms with Gasteiger partial charge in [-0.05, 0) is 11.0 Å². The Kier molecular flexibility index (Phi) is 4.80. The van der Waals surface area contributed by atoms with Crippen molar-refractivity contribution in [1.82, 2.24) is 19.5 Å². The standard InChI is InChI=1S/C21H27N5O3/c1-20(2,3)17-16(28)14(10-27)29-21(17,9-13-7-5-4-6-8-13)26-12-25-15-18(22)23-11-24-19(15)26/h4-8,11-12,14,16-17,27-28H,9-10H2,1-3H3,(H2,22,23,24)/t14-,16-,17+,21-/m1/s1. The summed E-state index contributed by atoms with van der Waals surface area (Å²) in [5.41, 5.74) is 6.71. The second kappa shape index (κ2) is 7.05. The van der Waals surface area contributed by atoms with E-state index in [1.54, 1.807) is 6.33 Å². The fraction of sp³-hybridized carbons (Fsp3) is 0.476. The molecule has 0 aliphatic carbocycles. The average Bonchev–Trinajstić information content (AvgIpc) is 3.23. The molecule has 0 saturated carbocycles. The Morgan fingerprint density at radius 2 is 1.90 bits per heavy atom. The van der Waals surface area contributed by atoms with Crippen LogP contribution in [0, 0.1) is 11.3 Å². The van der Waals surface area contributed by atoms with Crippen LogP contribution >= 0.6 is 0 Å². The SMILES string of the molecule is CC(C)(C)[C@@H]1[C@H](O)[C@@H](CO)O[C@@]1(Cc1ccccc1)n1cnc2c(N)ncnc21. The fourth-order valence-electron chi connectivity index (χ4n) is 4.68. The van der Waals surface area contributed by atoms with Gasteiger partial charge in [0.1, 0.15) is 17.9 Å². The Morgan fingerprint density at radius 1 is 1.17 bits per heavy atom. The maximum Gasteiger partial charge on any atom is 0.167 e. The lowest BCUT2D eigenvalue weighted by molar-refractivity contribution is -0.141. The smallest absolute Gasteiger partial charge is 0.167 e. The first kappa shape index (κ1) is 19.8. The van der Waals surface area contributed by atoms with Gasteiger partial charge in [-0.2, -0.15) is 0 Å². The third-order valence-electron chi connectivity index (χ3n) is 5.75. The molecule has 0 radical (unpaired) electrons. The Balaban J connectivity index is 1.97. The minimum atomic E-state index is -1.01. The summed E-state index contributed by atoms with van der Waals surface area (Å²) in [6.07, 6.45) is 1.93. The summed E-state index contributed by atoms with van der Waals surface area (Å²) in [4.78, 5) is 12.9. The van der Waals surface area contributed by atoms with Crippen LogP contribution in [0.5, 0.6) is 0 Å². The van der Waals surface area contributed by atoms with Crippen LogP contribution in [-0.4, -0.2) is 48.5 Å². The topological polar surface area (TPSA) is 119 Å². The van der Waals surface area contributed by atoms with Crippen LogP contribution in [0.4, 0.5) is 5.82 Å². The number of anilines is 1. The second-order valence-electron chi connectivity index (χ2n) is 8.73. The van der Waals surface area contributed by atoms with Gasteiger partial charge >= 0.3 is 0 Å². The number of nitrogens with two attached hydrogens (primary N) is 1. The molecule has 2 aromatic heterocycles. The zero-order valence-corrected chi connectivity index (χ0v) is 16.9. The van der Waals surface area contributed by atoms with Gasteiger partial charge in [-0.25, -0.2) is 15.0 Å². The Labute approximate surface area is 169 Å². The molecule has 1 aromatic carbocycles. The third-order valence-corrected chi connectivity index (χ3v) is 5.75. The molecule has 154 valence electrons. The number of aromatic nitrogens is 4. The maximum absolute atomic E-state index is 11.1. The number of nitrogen functional groups attached to an aromatic ring is 1. The predicted molar refractivity (Wildman–Crippen MR) is 109 cm³/mol. The van der Waals surface area contributed by atoms with Crippen molar-refractivity contribution in [3.63, 3.8) is 0 Å². The number of nitrogens with zero attached hydrogens (tertiary/aromatic N) is 4. The molecule has 1 saturated heterocycles. The van der Waals surface area contributed by atoms with Gasteiger partial charge in [0, 0.05) is 12.3 Å². The zero-order chi connectivity index (χ0) is 20.8. The van der Waals surface area contributed by atoms with E-state index in [1.807, 2.05) is 34.9 Å². The molecule has 0 bridgehead atoms. The second-order valence-corrected chi connectivity index (χ2v) is 8.73.